The molecule has 1 saturated carbocycles. The number of carbonyl (C=O) groups is 1. The Morgan fingerprint density at radius 3 is 2.57 bits per heavy atom. The maximum Gasteiger partial charge on any atom is 0.339 e. The SMILES string of the molecule is CN1CC[C@]23CCCC[C@H]2[C@H]1Cc1ccc(O)cc13.O=C(O)c1cc(-c2ccc(F)cc2F)ccc1O. The molecule has 3 aromatic rings. The van der Waals surface area contributed by atoms with Crippen molar-refractivity contribution in [1.29, 1.82) is 0 Å². The zero-order chi connectivity index (χ0) is 26.3. The Kier molecular flexibility index (Phi) is 6.67. The lowest BCUT2D eigenvalue weighted by Crippen LogP contribution is -2.59. The third-order valence-corrected chi connectivity index (χ3v) is 8.57. The molecule has 0 amide bonds. The number of aromatic hydroxyl groups is 2. The average molecular weight is 508 g/mol. The van der Waals surface area contributed by atoms with Gasteiger partial charge in [-0.3, -0.25) is 0 Å². The van der Waals surface area contributed by atoms with Gasteiger partial charge >= 0.3 is 5.97 Å². The summed E-state index contributed by atoms with van der Waals surface area (Å²) < 4.78 is 26.3. The molecule has 1 aliphatic heterocycles. The maximum atomic E-state index is 13.5. The van der Waals surface area contributed by atoms with Gasteiger partial charge in [-0.2, -0.15) is 0 Å². The van der Waals surface area contributed by atoms with Crippen LogP contribution in [0.1, 0.15) is 53.6 Å². The standard InChI is InChI=1S/C17H23NO.C13H8F2O3/c1-18-9-8-17-7-3-2-4-14(17)16(18)10-12-5-6-13(19)11-15(12)17;14-8-2-3-9(11(15)6-8)7-1-4-12(16)10(5-7)13(17)18/h5-6,11,14,16,19H,2-4,7-10H2,1H3;1-6,16H,(H,17,18)/t14-,16+,17+;/m0./s1. The molecule has 0 aromatic heterocycles. The highest BCUT2D eigenvalue weighted by Crippen LogP contribution is 2.55. The first-order valence-electron chi connectivity index (χ1n) is 12.7. The predicted molar refractivity (Wildman–Crippen MR) is 137 cm³/mol. The lowest BCUT2D eigenvalue weighted by molar-refractivity contribution is 0.00274. The number of aromatic carboxylic acids is 1. The van der Waals surface area contributed by atoms with Crippen molar-refractivity contribution in [3.8, 4) is 22.6 Å². The summed E-state index contributed by atoms with van der Waals surface area (Å²) in [7, 11) is 2.30. The van der Waals surface area contributed by atoms with Crippen LogP contribution in [0.3, 0.4) is 0 Å². The van der Waals surface area contributed by atoms with E-state index in [0.717, 1.165) is 30.2 Å². The van der Waals surface area contributed by atoms with Crippen molar-refractivity contribution in [3.63, 3.8) is 0 Å². The Bertz CT molecular complexity index is 1340. The van der Waals surface area contributed by atoms with Crippen LogP contribution in [0.2, 0.25) is 0 Å². The van der Waals surface area contributed by atoms with E-state index in [1.165, 1.54) is 68.3 Å². The van der Waals surface area contributed by atoms with E-state index in [9.17, 15) is 23.8 Å². The van der Waals surface area contributed by atoms with Crippen molar-refractivity contribution in [1.82, 2.24) is 4.90 Å². The minimum atomic E-state index is -1.32. The van der Waals surface area contributed by atoms with Crippen LogP contribution in [-0.4, -0.2) is 45.8 Å². The zero-order valence-electron chi connectivity index (χ0n) is 20.8. The number of carboxylic acid groups (broad SMARTS) is 1. The molecule has 37 heavy (non-hydrogen) atoms. The number of nitrogens with zero attached hydrogens (tertiary/aromatic N) is 1. The highest BCUT2D eigenvalue weighted by Gasteiger charge is 2.53. The Morgan fingerprint density at radius 2 is 1.81 bits per heavy atom. The molecular weight excluding hydrogens is 476 g/mol. The third kappa shape index (κ3) is 4.57. The molecular formula is C30H31F2NO4. The van der Waals surface area contributed by atoms with Crippen LogP contribution in [0.5, 0.6) is 11.5 Å². The first-order chi connectivity index (χ1) is 17.7. The fourth-order valence-electron chi connectivity index (χ4n) is 6.78. The summed E-state index contributed by atoms with van der Waals surface area (Å²) in [5.41, 5.74) is 3.34. The van der Waals surface area contributed by atoms with E-state index in [1.807, 2.05) is 6.07 Å². The van der Waals surface area contributed by atoms with Crippen LogP contribution in [0.25, 0.3) is 11.1 Å². The second kappa shape index (κ2) is 9.78. The van der Waals surface area contributed by atoms with E-state index in [1.54, 1.807) is 0 Å². The minimum absolute atomic E-state index is 0.0684. The number of fused-ring (bicyclic) bond motifs is 1. The van der Waals surface area contributed by atoms with Crippen molar-refractivity contribution < 1.29 is 28.9 Å². The lowest BCUT2D eigenvalue weighted by atomic mass is 9.52. The van der Waals surface area contributed by atoms with Crippen molar-refractivity contribution >= 4 is 5.97 Å². The molecule has 5 nitrogen and oxygen atoms in total. The number of piperidine rings is 1. The molecule has 2 bridgehead atoms. The molecule has 3 atom stereocenters. The molecule has 3 N–H and O–H groups in total. The molecule has 6 rings (SSSR count). The number of phenols is 2. The summed E-state index contributed by atoms with van der Waals surface area (Å²) in [4.78, 5) is 13.4. The highest BCUT2D eigenvalue weighted by molar-refractivity contribution is 5.92. The van der Waals surface area contributed by atoms with E-state index in [4.69, 9.17) is 5.11 Å². The number of halogens is 2. The molecule has 3 aliphatic rings. The fourth-order valence-corrected chi connectivity index (χ4v) is 6.78. The van der Waals surface area contributed by atoms with Gasteiger partial charge in [-0.05, 0) is 98.3 Å². The second-order valence-electron chi connectivity index (χ2n) is 10.5. The van der Waals surface area contributed by atoms with Gasteiger partial charge in [0, 0.05) is 23.1 Å². The first-order valence-corrected chi connectivity index (χ1v) is 12.7. The third-order valence-electron chi connectivity index (χ3n) is 8.57. The first kappa shape index (κ1) is 25.2. The lowest BCUT2D eigenvalue weighted by Gasteiger charge is -2.58. The van der Waals surface area contributed by atoms with Gasteiger partial charge in [0.15, 0.2) is 0 Å². The topological polar surface area (TPSA) is 81.0 Å². The highest BCUT2D eigenvalue weighted by atomic mass is 19.1. The Hall–Kier alpha value is -3.45. The number of benzene rings is 3. The number of hydrogen-bond acceptors (Lipinski definition) is 4. The summed E-state index contributed by atoms with van der Waals surface area (Å²) in [5, 5.41) is 28.1. The summed E-state index contributed by atoms with van der Waals surface area (Å²) in [6.07, 6.45) is 7.93. The molecule has 194 valence electrons. The van der Waals surface area contributed by atoms with E-state index in [-0.39, 0.29) is 16.7 Å². The van der Waals surface area contributed by atoms with Crippen molar-refractivity contribution in [2.24, 2.45) is 5.92 Å². The molecule has 3 aromatic carbocycles. The van der Waals surface area contributed by atoms with E-state index >= 15 is 0 Å². The molecule has 1 saturated heterocycles. The van der Waals surface area contributed by atoms with Crippen molar-refractivity contribution in [3.05, 3.63) is 82.9 Å². The van der Waals surface area contributed by atoms with Crippen molar-refractivity contribution in [2.45, 2.75) is 50.0 Å². The van der Waals surface area contributed by atoms with Gasteiger partial charge in [0.25, 0.3) is 0 Å². The number of likely N-dealkylation sites (N-methyl/N-ethyl adjacent to an activating group) is 1. The number of hydrogen-bond donors (Lipinski definition) is 3. The number of likely N-dealkylation sites (tertiary alicyclic amines) is 1. The molecule has 0 radical (unpaired) electrons. The van der Waals surface area contributed by atoms with Gasteiger partial charge in [0.1, 0.15) is 28.7 Å². The predicted octanol–water partition coefficient (Wildman–Crippen LogP) is 6.12. The summed E-state index contributed by atoms with van der Waals surface area (Å²) in [6, 6.07) is 13.5. The molecule has 0 spiro atoms. The number of phenolic OH excluding ortho intramolecular Hbond substituents is 1. The van der Waals surface area contributed by atoms with E-state index < -0.39 is 23.4 Å². The number of carboxylic acids is 1. The maximum absolute atomic E-state index is 13.5. The molecule has 2 aliphatic carbocycles. The van der Waals surface area contributed by atoms with E-state index in [2.05, 4.69) is 24.1 Å². The smallest absolute Gasteiger partial charge is 0.339 e. The molecule has 0 unspecified atom stereocenters. The van der Waals surface area contributed by atoms with Crippen molar-refractivity contribution in [2.75, 3.05) is 13.6 Å². The van der Waals surface area contributed by atoms with Crippen LogP contribution < -0.4 is 0 Å². The Labute approximate surface area is 215 Å². The molecule has 2 fully saturated rings. The van der Waals surface area contributed by atoms with Crippen LogP contribution in [0, 0.1) is 17.6 Å². The quantitative estimate of drug-likeness (QED) is 0.390. The monoisotopic (exact) mass is 507 g/mol. The average Bonchev–Trinajstić information content (AvgIpc) is 2.87. The Balaban J connectivity index is 0.000000152. The summed E-state index contributed by atoms with van der Waals surface area (Å²) in [5.74, 6) is -1.97. The van der Waals surface area contributed by atoms with Crippen LogP contribution in [0.15, 0.2) is 54.6 Å². The van der Waals surface area contributed by atoms with Gasteiger partial charge in [-0.15, -0.1) is 0 Å². The summed E-state index contributed by atoms with van der Waals surface area (Å²) in [6.45, 7) is 1.22. The molecule has 7 heteroatoms. The minimum Gasteiger partial charge on any atom is -0.508 e. The van der Waals surface area contributed by atoms with Gasteiger partial charge in [0.05, 0.1) is 0 Å². The zero-order valence-corrected chi connectivity index (χ0v) is 20.8. The van der Waals surface area contributed by atoms with Crippen LogP contribution in [0.4, 0.5) is 8.78 Å². The second-order valence-corrected chi connectivity index (χ2v) is 10.5. The Morgan fingerprint density at radius 1 is 1.00 bits per heavy atom. The van der Waals surface area contributed by atoms with Crippen LogP contribution in [-0.2, 0) is 11.8 Å². The van der Waals surface area contributed by atoms with Gasteiger partial charge in [-0.25, -0.2) is 13.6 Å². The van der Waals surface area contributed by atoms with Crippen LogP contribution >= 0.6 is 0 Å². The van der Waals surface area contributed by atoms with Gasteiger partial charge < -0.3 is 20.2 Å². The summed E-state index contributed by atoms with van der Waals surface area (Å²) >= 11 is 0. The largest absolute Gasteiger partial charge is 0.508 e. The van der Waals surface area contributed by atoms with Gasteiger partial charge in [-0.1, -0.05) is 25.0 Å². The number of rotatable bonds is 2. The van der Waals surface area contributed by atoms with E-state index in [0.29, 0.717) is 17.2 Å². The van der Waals surface area contributed by atoms with Gasteiger partial charge in [0.2, 0.25) is 0 Å². The molecule has 1 heterocycles. The normalized spacial score (nSPS) is 24.3. The fraction of sp³-hybridized carbons (Fsp3) is 0.367.